The van der Waals surface area contributed by atoms with E-state index < -0.39 is 9.84 Å². The Kier molecular flexibility index (Phi) is 7.51. The SMILES string of the molecule is CC[C@H](C)N(C(=O)CSc1nc2ccccc2c(=O)n1-c1ccccc1OC)[C@@H]1CCS(=O)(=O)C1. The van der Waals surface area contributed by atoms with Gasteiger partial charge in [0, 0.05) is 12.1 Å². The molecule has 4 rings (SSSR count). The fourth-order valence-electron chi connectivity index (χ4n) is 4.44. The minimum atomic E-state index is -3.14. The number of aromatic nitrogens is 2. The molecule has 0 spiro atoms. The Bertz CT molecular complexity index is 1400. The Balaban J connectivity index is 1.72. The van der Waals surface area contributed by atoms with Crippen molar-refractivity contribution in [1.82, 2.24) is 14.5 Å². The second-order valence-corrected chi connectivity index (χ2v) is 11.8. The first-order chi connectivity index (χ1) is 16.8. The Labute approximate surface area is 209 Å². The van der Waals surface area contributed by atoms with Crippen LogP contribution in [0.5, 0.6) is 5.75 Å². The lowest BCUT2D eigenvalue weighted by Crippen LogP contribution is -2.47. The molecular formula is C25H29N3O5S2. The molecule has 2 heterocycles. The number of rotatable bonds is 8. The lowest BCUT2D eigenvalue weighted by atomic mass is 10.1. The maximum Gasteiger partial charge on any atom is 0.266 e. The number of ether oxygens (including phenoxy) is 1. The number of fused-ring (bicyclic) bond motifs is 1. The number of carbonyl (C=O) groups excluding carboxylic acids is 1. The molecule has 0 aliphatic carbocycles. The molecule has 2 aromatic carbocycles. The molecule has 1 aliphatic rings. The zero-order valence-corrected chi connectivity index (χ0v) is 21.6. The van der Waals surface area contributed by atoms with Gasteiger partial charge in [0.1, 0.15) is 5.75 Å². The largest absolute Gasteiger partial charge is 0.495 e. The highest BCUT2D eigenvalue weighted by atomic mass is 32.2. The minimum Gasteiger partial charge on any atom is -0.495 e. The van der Waals surface area contributed by atoms with Crippen molar-refractivity contribution in [3.63, 3.8) is 0 Å². The summed E-state index contributed by atoms with van der Waals surface area (Å²) >= 11 is 1.17. The van der Waals surface area contributed by atoms with Gasteiger partial charge in [0.15, 0.2) is 15.0 Å². The molecule has 0 saturated carbocycles. The molecule has 1 amide bonds. The monoisotopic (exact) mass is 515 g/mol. The van der Waals surface area contributed by atoms with Crippen LogP contribution in [0.4, 0.5) is 0 Å². The molecule has 35 heavy (non-hydrogen) atoms. The predicted molar refractivity (Wildman–Crippen MR) is 138 cm³/mol. The second kappa shape index (κ2) is 10.4. The number of thioether (sulfide) groups is 1. The normalized spacial score (nSPS) is 17.9. The van der Waals surface area contributed by atoms with Crippen molar-refractivity contribution in [3.05, 3.63) is 58.9 Å². The lowest BCUT2D eigenvalue weighted by Gasteiger charge is -2.33. The molecule has 2 atom stereocenters. The highest BCUT2D eigenvalue weighted by molar-refractivity contribution is 7.99. The zero-order chi connectivity index (χ0) is 25.2. The first-order valence-electron chi connectivity index (χ1n) is 11.5. The molecule has 3 aromatic rings. The van der Waals surface area contributed by atoms with Crippen LogP contribution >= 0.6 is 11.8 Å². The van der Waals surface area contributed by atoms with Gasteiger partial charge in [-0.3, -0.25) is 14.2 Å². The van der Waals surface area contributed by atoms with Crippen molar-refractivity contribution in [2.24, 2.45) is 0 Å². The topological polar surface area (TPSA) is 98.6 Å². The zero-order valence-electron chi connectivity index (χ0n) is 20.0. The Morgan fingerprint density at radius 1 is 1.23 bits per heavy atom. The minimum absolute atomic E-state index is 0.00606. The first-order valence-corrected chi connectivity index (χ1v) is 14.4. The van der Waals surface area contributed by atoms with Gasteiger partial charge in [-0.15, -0.1) is 0 Å². The van der Waals surface area contributed by atoms with E-state index in [1.54, 1.807) is 35.2 Å². The molecule has 0 bridgehead atoms. The predicted octanol–water partition coefficient (Wildman–Crippen LogP) is 3.30. The second-order valence-electron chi connectivity index (χ2n) is 8.63. The Morgan fingerprint density at radius 2 is 1.94 bits per heavy atom. The van der Waals surface area contributed by atoms with Crippen LogP contribution in [0.2, 0.25) is 0 Å². The standard InChI is InChI=1S/C25H29N3O5S2/c1-4-17(2)27(18-13-14-35(31,32)16-18)23(29)15-34-25-26-20-10-6-5-9-19(20)24(30)28(25)21-11-7-8-12-22(21)33-3/h5-12,17-18H,4,13-16H2,1-3H3/t17-,18+/m0/s1. The van der Waals surface area contributed by atoms with Gasteiger partial charge in [0.25, 0.3) is 5.56 Å². The number of para-hydroxylation sites is 3. The van der Waals surface area contributed by atoms with Crippen molar-refractivity contribution in [2.75, 3.05) is 24.4 Å². The Morgan fingerprint density at radius 3 is 2.63 bits per heavy atom. The van der Waals surface area contributed by atoms with Crippen molar-refractivity contribution >= 4 is 38.4 Å². The van der Waals surface area contributed by atoms with E-state index in [0.717, 1.165) is 0 Å². The van der Waals surface area contributed by atoms with Crippen LogP contribution < -0.4 is 10.3 Å². The summed E-state index contributed by atoms with van der Waals surface area (Å²) in [5.41, 5.74) is 0.823. The Hall–Kier alpha value is -2.85. The molecule has 1 saturated heterocycles. The van der Waals surface area contributed by atoms with Crippen LogP contribution in [0.3, 0.4) is 0 Å². The average molecular weight is 516 g/mol. The number of hydrogen-bond donors (Lipinski definition) is 0. The van der Waals surface area contributed by atoms with Crippen molar-refractivity contribution in [1.29, 1.82) is 0 Å². The maximum absolute atomic E-state index is 13.5. The van der Waals surface area contributed by atoms with Gasteiger partial charge < -0.3 is 9.64 Å². The van der Waals surface area contributed by atoms with Crippen LogP contribution in [0.15, 0.2) is 58.5 Å². The molecule has 0 N–H and O–H groups in total. The third kappa shape index (κ3) is 5.23. The summed E-state index contributed by atoms with van der Waals surface area (Å²) < 4.78 is 31.1. The number of benzene rings is 2. The van der Waals surface area contributed by atoms with Crippen molar-refractivity contribution in [3.8, 4) is 11.4 Å². The van der Waals surface area contributed by atoms with E-state index in [4.69, 9.17) is 9.72 Å². The van der Waals surface area contributed by atoms with E-state index in [1.807, 2.05) is 32.0 Å². The van der Waals surface area contributed by atoms with Crippen LogP contribution in [0.25, 0.3) is 16.6 Å². The van der Waals surface area contributed by atoms with Crippen LogP contribution in [-0.4, -0.2) is 65.2 Å². The summed E-state index contributed by atoms with van der Waals surface area (Å²) in [6.07, 6.45) is 1.16. The number of methoxy groups -OCH3 is 1. The highest BCUT2D eigenvalue weighted by Crippen LogP contribution is 2.28. The third-order valence-corrected chi connectivity index (χ3v) is 9.02. The van der Waals surface area contributed by atoms with Crippen molar-refractivity contribution in [2.45, 2.75) is 43.9 Å². The molecule has 1 aliphatic heterocycles. The first kappa shape index (κ1) is 25.2. The summed E-state index contributed by atoms with van der Waals surface area (Å²) in [7, 11) is -1.60. The van der Waals surface area contributed by atoms with E-state index in [9.17, 15) is 18.0 Å². The smallest absolute Gasteiger partial charge is 0.266 e. The summed E-state index contributed by atoms with van der Waals surface area (Å²) in [5.74, 6) is 0.469. The summed E-state index contributed by atoms with van der Waals surface area (Å²) in [6.45, 7) is 3.91. The highest BCUT2D eigenvalue weighted by Gasteiger charge is 2.36. The molecule has 186 valence electrons. The van der Waals surface area contributed by atoms with Crippen molar-refractivity contribution < 1.29 is 17.9 Å². The summed E-state index contributed by atoms with van der Waals surface area (Å²) in [4.78, 5) is 33.3. The van der Waals surface area contributed by atoms with Gasteiger partial charge >= 0.3 is 0 Å². The maximum atomic E-state index is 13.5. The van der Waals surface area contributed by atoms with Gasteiger partial charge in [-0.1, -0.05) is 43.0 Å². The molecule has 1 aromatic heterocycles. The lowest BCUT2D eigenvalue weighted by molar-refractivity contribution is -0.132. The molecule has 10 heteroatoms. The van der Waals surface area contributed by atoms with Gasteiger partial charge in [0.2, 0.25) is 5.91 Å². The van der Waals surface area contributed by atoms with Crippen LogP contribution in [0.1, 0.15) is 26.7 Å². The van der Waals surface area contributed by atoms with Crippen LogP contribution in [-0.2, 0) is 14.6 Å². The summed E-state index contributed by atoms with van der Waals surface area (Å²) in [6, 6.07) is 13.8. The molecule has 0 radical (unpaired) electrons. The molecule has 1 fully saturated rings. The van der Waals surface area contributed by atoms with E-state index in [1.165, 1.54) is 23.4 Å². The average Bonchev–Trinajstić information content (AvgIpc) is 3.21. The number of amides is 1. The molecular weight excluding hydrogens is 486 g/mol. The van der Waals surface area contributed by atoms with E-state index in [2.05, 4.69) is 0 Å². The van der Waals surface area contributed by atoms with E-state index in [-0.39, 0.29) is 40.8 Å². The van der Waals surface area contributed by atoms with Gasteiger partial charge in [-0.25, -0.2) is 13.4 Å². The quantitative estimate of drug-likeness (QED) is 0.335. The van der Waals surface area contributed by atoms with Gasteiger partial charge in [-0.2, -0.15) is 0 Å². The third-order valence-electron chi connectivity index (χ3n) is 6.35. The number of nitrogens with zero attached hydrogens (tertiary/aromatic N) is 3. The van der Waals surface area contributed by atoms with E-state index in [0.29, 0.717) is 40.3 Å². The molecule has 8 nitrogen and oxygen atoms in total. The molecule has 0 unspecified atom stereocenters. The summed E-state index contributed by atoms with van der Waals surface area (Å²) in [5, 5.41) is 0.834. The van der Waals surface area contributed by atoms with Crippen LogP contribution in [0, 0.1) is 0 Å². The fourth-order valence-corrected chi connectivity index (χ4v) is 7.02. The number of hydrogen-bond acceptors (Lipinski definition) is 7. The fraction of sp³-hybridized carbons (Fsp3) is 0.400. The van der Waals surface area contributed by atoms with Gasteiger partial charge in [0.05, 0.1) is 41.0 Å². The van der Waals surface area contributed by atoms with Gasteiger partial charge in [-0.05, 0) is 44.0 Å². The number of sulfone groups is 1. The van der Waals surface area contributed by atoms with E-state index >= 15 is 0 Å². The number of carbonyl (C=O) groups is 1.